The number of hydrogen-bond donors (Lipinski definition) is 3. The molecule has 1 aliphatic heterocycles. The van der Waals surface area contributed by atoms with E-state index in [0.29, 0.717) is 41.4 Å². The Hall–Kier alpha value is -3.05. The first-order chi connectivity index (χ1) is 12.4. The van der Waals surface area contributed by atoms with E-state index < -0.39 is 6.36 Å². The zero-order valence-corrected chi connectivity index (χ0v) is 13.5. The highest BCUT2D eigenvalue weighted by Crippen LogP contribution is 2.28. The first-order valence-electron chi connectivity index (χ1n) is 7.75. The zero-order chi connectivity index (χ0) is 18.7. The predicted octanol–water partition coefficient (Wildman–Crippen LogP) is 3.29. The van der Waals surface area contributed by atoms with Crippen molar-refractivity contribution in [1.29, 1.82) is 5.41 Å². The van der Waals surface area contributed by atoms with Crippen molar-refractivity contribution in [1.82, 2.24) is 10.3 Å². The Labute approximate surface area is 148 Å². The number of pyridine rings is 1. The third kappa shape index (κ3) is 3.95. The number of rotatable bonds is 5. The molecule has 0 spiro atoms. The van der Waals surface area contributed by atoms with Crippen molar-refractivity contribution in [3.05, 3.63) is 47.7 Å². The van der Waals surface area contributed by atoms with Crippen LogP contribution in [0.4, 0.5) is 24.7 Å². The Morgan fingerprint density at radius 2 is 1.96 bits per heavy atom. The van der Waals surface area contributed by atoms with Crippen molar-refractivity contribution >= 4 is 17.2 Å². The fourth-order valence-electron chi connectivity index (χ4n) is 2.52. The summed E-state index contributed by atoms with van der Waals surface area (Å²) in [5, 5.41) is 14.5. The molecule has 3 N–H and O–H groups in total. The first kappa shape index (κ1) is 17.8. The molecule has 1 aromatic heterocycles. The van der Waals surface area contributed by atoms with Gasteiger partial charge in [-0.05, 0) is 30.3 Å². The number of hydrogen-bond acceptors (Lipinski definition) is 5. The zero-order valence-electron chi connectivity index (χ0n) is 13.5. The number of aromatic nitrogens is 1. The minimum Gasteiger partial charge on any atom is -0.406 e. The van der Waals surface area contributed by atoms with Crippen LogP contribution in [0.1, 0.15) is 11.1 Å². The monoisotopic (exact) mass is 360 g/mol. The minimum absolute atomic E-state index is 0.0504. The number of anilines is 2. The predicted molar refractivity (Wildman–Crippen MR) is 91.8 cm³/mol. The van der Waals surface area contributed by atoms with Crippen molar-refractivity contribution in [3.8, 4) is 18.1 Å². The third-order valence-electron chi connectivity index (χ3n) is 3.92. The highest BCUT2D eigenvalue weighted by Gasteiger charge is 2.31. The molecule has 2 heterocycles. The van der Waals surface area contributed by atoms with E-state index in [1.807, 2.05) is 0 Å². The van der Waals surface area contributed by atoms with Crippen molar-refractivity contribution in [2.75, 3.05) is 18.4 Å². The van der Waals surface area contributed by atoms with Gasteiger partial charge in [-0.1, -0.05) is 5.92 Å². The highest BCUT2D eigenvalue weighted by atomic mass is 19.4. The summed E-state index contributed by atoms with van der Waals surface area (Å²) in [6.45, 7) is 1.39. The maximum Gasteiger partial charge on any atom is 0.573 e. The fraction of sp³-hybridized carbons (Fsp3) is 0.222. The van der Waals surface area contributed by atoms with Gasteiger partial charge in [0.05, 0.1) is 5.56 Å². The van der Waals surface area contributed by atoms with Crippen LogP contribution in [0.5, 0.6) is 5.75 Å². The van der Waals surface area contributed by atoms with Gasteiger partial charge in [-0.15, -0.1) is 19.6 Å². The molecular formula is C18H15F3N4O. The van der Waals surface area contributed by atoms with Gasteiger partial charge in [-0.25, -0.2) is 4.98 Å². The molecule has 134 valence electrons. The van der Waals surface area contributed by atoms with E-state index in [1.165, 1.54) is 30.5 Å². The van der Waals surface area contributed by atoms with Crippen LogP contribution >= 0.6 is 0 Å². The molecule has 0 unspecified atom stereocenters. The smallest absolute Gasteiger partial charge is 0.406 e. The summed E-state index contributed by atoms with van der Waals surface area (Å²) in [4.78, 5) is 4.25. The maximum atomic E-state index is 12.2. The summed E-state index contributed by atoms with van der Waals surface area (Å²) >= 11 is 0. The van der Waals surface area contributed by atoms with E-state index in [2.05, 4.69) is 26.3 Å². The number of nitrogens with zero attached hydrogens (tertiary/aromatic N) is 1. The number of nitrogens with one attached hydrogen (secondary N) is 3. The van der Waals surface area contributed by atoms with E-state index >= 15 is 0 Å². The summed E-state index contributed by atoms with van der Waals surface area (Å²) in [5.74, 6) is 2.68. The average molecular weight is 360 g/mol. The largest absolute Gasteiger partial charge is 0.573 e. The second kappa shape index (κ2) is 7.06. The number of benzene rings is 1. The molecule has 1 saturated heterocycles. The van der Waals surface area contributed by atoms with Gasteiger partial charge in [0.25, 0.3) is 0 Å². The van der Waals surface area contributed by atoms with Crippen LogP contribution < -0.4 is 15.4 Å². The molecule has 1 fully saturated rings. The lowest BCUT2D eigenvalue weighted by atomic mass is 9.90. The van der Waals surface area contributed by atoms with Gasteiger partial charge in [0.1, 0.15) is 11.6 Å². The van der Waals surface area contributed by atoms with E-state index in [0.717, 1.165) is 0 Å². The summed E-state index contributed by atoms with van der Waals surface area (Å²) in [6, 6.07) is 6.91. The van der Waals surface area contributed by atoms with Gasteiger partial charge in [-0.2, -0.15) is 0 Å². The number of ether oxygens (including phenoxy) is 1. The summed E-state index contributed by atoms with van der Waals surface area (Å²) < 4.78 is 40.5. The van der Waals surface area contributed by atoms with Crippen LogP contribution in [0.25, 0.3) is 0 Å². The molecule has 0 radical (unpaired) electrons. The van der Waals surface area contributed by atoms with Gasteiger partial charge < -0.3 is 20.8 Å². The van der Waals surface area contributed by atoms with Gasteiger partial charge in [0.15, 0.2) is 0 Å². The summed E-state index contributed by atoms with van der Waals surface area (Å²) in [7, 11) is 0. The normalized spacial score (nSPS) is 14.2. The molecule has 5 nitrogen and oxygen atoms in total. The van der Waals surface area contributed by atoms with Gasteiger partial charge in [-0.3, -0.25) is 0 Å². The molecule has 0 saturated carbocycles. The lowest BCUT2D eigenvalue weighted by Gasteiger charge is -2.29. The van der Waals surface area contributed by atoms with E-state index in [1.54, 1.807) is 6.07 Å². The Kier molecular flexibility index (Phi) is 4.82. The molecule has 26 heavy (non-hydrogen) atoms. The molecule has 0 atom stereocenters. The van der Waals surface area contributed by atoms with Gasteiger partial charge >= 0.3 is 6.36 Å². The second-order valence-electron chi connectivity index (χ2n) is 5.69. The van der Waals surface area contributed by atoms with Crippen LogP contribution in [0.2, 0.25) is 0 Å². The number of halogens is 3. The van der Waals surface area contributed by atoms with Gasteiger partial charge in [0, 0.05) is 42.2 Å². The van der Waals surface area contributed by atoms with Crippen molar-refractivity contribution in [2.24, 2.45) is 5.92 Å². The Morgan fingerprint density at radius 1 is 1.27 bits per heavy atom. The topological polar surface area (TPSA) is 70.0 Å². The van der Waals surface area contributed by atoms with Crippen molar-refractivity contribution in [2.45, 2.75) is 6.36 Å². The van der Waals surface area contributed by atoms with Crippen LogP contribution in [0, 0.1) is 23.7 Å². The lowest BCUT2D eigenvalue weighted by Crippen LogP contribution is -2.46. The van der Waals surface area contributed by atoms with Crippen LogP contribution in [-0.4, -0.2) is 30.1 Å². The molecule has 1 aromatic carbocycles. The van der Waals surface area contributed by atoms with Crippen LogP contribution in [0.15, 0.2) is 36.5 Å². The van der Waals surface area contributed by atoms with Crippen molar-refractivity contribution < 1.29 is 17.9 Å². The van der Waals surface area contributed by atoms with E-state index in [-0.39, 0.29) is 11.7 Å². The van der Waals surface area contributed by atoms with Crippen LogP contribution in [-0.2, 0) is 0 Å². The lowest BCUT2D eigenvalue weighted by molar-refractivity contribution is -0.274. The SMILES string of the molecule is C#Cc1ccnc(Nc2ccc(OC(F)(F)F)cc2)c1C(=N)C1CNC1. The number of alkyl halides is 3. The number of terminal acetylenes is 1. The Balaban J connectivity index is 1.85. The molecule has 8 heteroatoms. The van der Waals surface area contributed by atoms with E-state index in [4.69, 9.17) is 11.8 Å². The van der Waals surface area contributed by atoms with Crippen molar-refractivity contribution in [3.63, 3.8) is 0 Å². The average Bonchev–Trinajstić information content (AvgIpc) is 2.53. The van der Waals surface area contributed by atoms with E-state index in [9.17, 15) is 13.2 Å². The molecule has 2 aromatic rings. The molecule has 1 aliphatic rings. The first-order valence-corrected chi connectivity index (χ1v) is 7.75. The Morgan fingerprint density at radius 3 is 2.50 bits per heavy atom. The summed E-state index contributed by atoms with van der Waals surface area (Å²) in [6.07, 6.45) is 2.33. The molecule has 0 bridgehead atoms. The summed E-state index contributed by atoms with van der Waals surface area (Å²) in [5.41, 5.74) is 1.94. The minimum atomic E-state index is -4.74. The molecular weight excluding hydrogens is 345 g/mol. The Bertz CT molecular complexity index is 852. The standard InChI is InChI=1S/C18H15F3N4O/c1-2-11-7-8-24-17(15(11)16(22)12-9-23-10-12)25-13-3-5-14(6-4-13)26-18(19,20)21/h1,3-8,12,22-23H,9-10H2,(H,24,25). The quantitative estimate of drug-likeness (QED) is 0.565. The maximum absolute atomic E-state index is 12.2. The molecule has 0 aliphatic carbocycles. The second-order valence-corrected chi connectivity index (χ2v) is 5.69. The van der Waals surface area contributed by atoms with Crippen LogP contribution in [0.3, 0.4) is 0 Å². The van der Waals surface area contributed by atoms with Gasteiger partial charge in [0.2, 0.25) is 0 Å². The molecule has 0 amide bonds. The fourth-order valence-corrected chi connectivity index (χ4v) is 2.52. The third-order valence-corrected chi connectivity index (χ3v) is 3.92. The molecule has 3 rings (SSSR count). The highest BCUT2D eigenvalue weighted by molar-refractivity contribution is 6.07.